The highest BCUT2D eigenvalue weighted by Crippen LogP contribution is 2.38. The number of methoxy groups -OCH3 is 1. The first kappa shape index (κ1) is 21.6. The van der Waals surface area contributed by atoms with Gasteiger partial charge < -0.3 is 24.4 Å². The Kier molecular flexibility index (Phi) is 6.94. The zero-order valence-electron chi connectivity index (χ0n) is 17.1. The van der Waals surface area contributed by atoms with Gasteiger partial charge in [-0.1, -0.05) is 12.1 Å². The number of amides is 2. The Hall–Kier alpha value is -3.07. The molecule has 0 radical (unpaired) electrons. The first-order chi connectivity index (χ1) is 14.5. The fraction of sp³-hybridized carbons (Fsp3) is 0.381. The average Bonchev–Trinajstić information content (AvgIpc) is 3.10. The Morgan fingerprint density at radius 2 is 1.87 bits per heavy atom. The number of fused-ring (bicyclic) bond motifs is 1. The molecule has 9 heteroatoms. The van der Waals surface area contributed by atoms with Gasteiger partial charge in [-0.25, -0.2) is 9.59 Å². The maximum Gasteiger partial charge on any atom is 0.410 e. The van der Waals surface area contributed by atoms with E-state index in [4.69, 9.17) is 14.2 Å². The van der Waals surface area contributed by atoms with Crippen LogP contribution in [0.1, 0.15) is 45.0 Å². The first-order valence-corrected chi connectivity index (χ1v) is 10.5. The summed E-state index contributed by atoms with van der Waals surface area (Å²) in [5, 5.41) is 3.23. The van der Waals surface area contributed by atoms with Gasteiger partial charge >= 0.3 is 12.1 Å². The van der Waals surface area contributed by atoms with E-state index < -0.39 is 12.1 Å². The molecule has 1 aliphatic heterocycles. The normalized spacial score (nSPS) is 12.7. The highest BCUT2D eigenvalue weighted by Gasteiger charge is 2.31. The molecule has 0 spiro atoms. The third kappa shape index (κ3) is 4.40. The molecule has 0 atom stereocenters. The van der Waals surface area contributed by atoms with Crippen molar-refractivity contribution in [3.8, 4) is 5.75 Å². The summed E-state index contributed by atoms with van der Waals surface area (Å²) < 4.78 is 15.6. The number of ether oxygens (including phenoxy) is 3. The molecule has 1 aromatic carbocycles. The molecule has 0 unspecified atom stereocenters. The van der Waals surface area contributed by atoms with Crippen LogP contribution in [0.3, 0.4) is 0 Å². The molecule has 160 valence electrons. The van der Waals surface area contributed by atoms with Crippen molar-refractivity contribution in [2.24, 2.45) is 0 Å². The number of thiophene rings is 1. The van der Waals surface area contributed by atoms with Crippen LogP contribution in [0.2, 0.25) is 0 Å². The van der Waals surface area contributed by atoms with Crippen LogP contribution in [-0.4, -0.2) is 49.7 Å². The minimum Gasteiger partial charge on any atom is -0.496 e. The molecule has 2 heterocycles. The molecule has 1 aromatic heterocycles. The second-order valence-electron chi connectivity index (χ2n) is 6.45. The molecular formula is C21H24N2O6S. The Labute approximate surface area is 178 Å². The van der Waals surface area contributed by atoms with E-state index in [0.29, 0.717) is 48.0 Å². The number of nitrogens with one attached hydrogen (secondary N) is 1. The summed E-state index contributed by atoms with van der Waals surface area (Å²) in [4.78, 5) is 40.1. The molecule has 0 saturated carbocycles. The summed E-state index contributed by atoms with van der Waals surface area (Å²) in [6, 6.07) is 6.85. The largest absolute Gasteiger partial charge is 0.496 e. The van der Waals surface area contributed by atoms with Crippen molar-refractivity contribution in [2.45, 2.75) is 26.8 Å². The Bertz CT molecular complexity index is 955. The van der Waals surface area contributed by atoms with Gasteiger partial charge in [-0.3, -0.25) is 4.79 Å². The summed E-state index contributed by atoms with van der Waals surface area (Å²) in [6.07, 6.45) is 0.0809. The van der Waals surface area contributed by atoms with Crippen LogP contribution < -0.4 is 10.1 Å². The predicted octanol–water partition coefficient (Wildman–Crippen LogP) is 3.70. The van der Waals surface area contributed by atoms with Crippen molar-refractivity contribution < 1.29 is 28.6 Å². The zero-order valence-corrected chi connectivity index (χ0v) is 18.0. The van der Waals surface area contributed by atoms with E-state index in [0.717, 1.165) is 10.4 Å². The van der Waals surface area contributed by atoms with Crippen LogP contribution in [0, 0.1) is 0 Å². The van der Waals surface area contributed by atoms with Gasteiger partial charge in [0.25, 0.3) is 5.91 Å². The molecule has 0 saturated heterocycles. The number of carbonyl (C=O) groups excluding carboxylic acids is 3. The first-order valence-electron chi connectivity index (χ1n) is 9.67. The number of hydrogen-bond donors (Lipinski definition) is 1. The van der Waals surface area contributed by atoms with Crippen LogP contribution in [0.25, 0.3) is 0 Å². The molecule has 0 fully saturated rings. The van der Waals surface area contributed by atoms with E-state index in [2.05, 4.69) is 5.32 Å². The van der Waals surface area contributed by atoms with Crippen molar-refractivity contribution in [1.82, 2.24) is 4.90 Å². The lowest BCUT2D eigenvalue weighted by atomic mass is 10.0. The summed E-state index contributed by atoms with van der Waals surface area (Å²) in [6.45, 7) is 4.74. The number of benzene rings is 1. The van der Waals surface area contributed by atoms with Crippen LogP contribution in [0.5, 0.6) is 5.75 Å². The second-order valence-corrected chi connectivity index (χ2v) is 7.56. The molecule has 2 aromatic rings. The second kappa shape index (κ2) is 9.62. The molecule has 30 heavy (non-hydrogen) atoms. The van der Waals surface area contributed by atoms with Crippen LogP contribution in [0.4, 0.5) is 9.80 Å². The molecule has 0 bridgehead atoms. The molecule has 1 aliphatic rings. The van der Waals surface area contributed by atoms with E-state index >= 15 is 0 Å². The molecule has 1 N–H and O–H groups in total. The standard InChI is InChI=1S/C21H24N2O6S/c1-4-28-20(25)17-14-10-11-23(21(26)29-5-2)12-16(14)30-19(17)22-18(24)13-8-6-7-9-15(13)27-3/h6-9H,4-5,10-12H2,1-3H3,(H,22,24). The van der Waals surface area contributed by atoms with E-state index in [-0.39, 0.29) is 12.5 Å². The van der Waals surface area contributed by atoms with E-state index in [1.807, 2.05) is 0 Å². The molecule has 2 amide bonds. The molecule has 3 rings (SSSR count). The maximum absolute atomic E-state index is 12.9. The summed E-state index contributed by atoms with van der Waals surface area (Å²) in [5.74, 6) is -0.448. The van der Waals surface area contributed by atoms with Gasteiger partial charge in [0.15, 0.2) is 0 Å². The summed E-state index contributed by atoms with van der Waals surface area (Å²) in [5.41, 5.74) is 1.51. The number of nitrogens with zero attached hydrogens (tertiary/aromatic N) is 1. The summed E-state index contributed by atoms with van der Waals surface area (Å²) in [7, 11) is 1.49. The number of carbonyl (C=O) groups is 3. The third-order valence-corrected chi connectivity index (χ3v) is 5.77. The predicted molar refractivity (Wildman–Crippen MR) is 112 cm³/mol. The number of para-hydroxylation sites is 1. The SMILES string of the molecule is CCOC(=O)c1c(NC(=O)c2ccccc2OC)sc2c1CCN(C(=O)OCC)C2. The minimum atomic E-state index is -0.491. The van der Waals surface area contributed by atoms with Gasteiger partial charge in [-0.2, -0.15) is 0 Å². The maximum atomic E-state index is 12.9. The van der Waals surface area contributed by atoms with Gasteiger partial charge in [0.05, 0.1) is 38.0 Å². The zero-order chi connectivity index (χ0) is 21.7. The van der Waals surface area contributed by atoms with Gasteiger partial charge in [-0.05, 0) is 38.0 Å². The van der Waals surface area contributed by atoms with E-state index in [1.54, 1.807) is 43.0 Å². The smallest absolute Gasteiger partial charge is 0.410 e. The van der Waals surface area contributed by atoms with Gasteiger partial charge in [0, 0.05) is 11.4 Å². The van der Waals surface area contributed by atoms with Crippen molar-refractivity contribution in [2.75, 3.05) is 32.2 Å². The van der Waals surface area contributed by atoms with E-state index in [1.165, 1.54) is 18.4 Å². The number of rotatable bonds is 6. The van der Waals surface area contributed by atoms with Crippen molar-refractivity contribution >= 4 is 34.3 Å². The van der Waals surface area contributed by atoms with Crippen molar-refractivity contribution in [3.05, 3.63) is 45.8 Å². The van der Waals surface area contributed by atoms with Crippen LogP contribution in [-0.2, 0) is 22.4 Å². The minimum absolute atomic E-state index is 0.221. The number of esters is 1. The fourth-order valence-corrected chi connectivity index (χ4v) is 4.53. The lowest BCUT2D eigenvalue weighted by Gasteiger charge is -2.26. The highest BCUT2D eigenvalue weighted by atomic mass is 32.1. The van der Waals surface area contributed by atoms with Crippen LogP contribution in [0.15, 0.2) is 24.3 Å². The van der Waals surface area contributed by atoms with Gasteiger partial charge in [0.2, 0.25) is 0 Å². The molecule has 0 aliphatic carbocycles. The topological polar surface area (TPSA) is 94.2 Å². The lowest BCUT2D eigenvalue weighted by Crippen LogP contribution is -2.36. The number of hydrogen-bond acceptors (Lipinski definition) is 7. The lowest BCUT2D eigenvalue weighted by molar-refractivity contribution is 0.0526. The Morgan fingerprint density at radius 3 is 2.57 bits per heavy atom. The van der Waals surface area contributed by atoms with E-state index in [9.17, 15) is 14.4 Å². The van der Waals surface area contributed by atoms with Gasteiger partial charge in [-0.15, -0.1) is 11.3 Å². The highest BCUT2D eigenvalue weighted by molar-refractivity contribution is 7.17. The Morgan fingerprint density at radius 1 is 1.13 bits per heavy atom. The van der Waals surface area contributed by atoms with Gasteiger partial charge in [0.1, 0.15) is 10.8 Å². The average molecular weight is 432 g/mol. The molecular weight excluding hydrogens is 408 g/mol. The fourth-order valence-electron chi connectivity index (χ4n) is 3.28. The summed E-state index contributed by atoms with van der Waals surface area (Å²) >= 11 is 1.27. The van der Waals surface area contributed by atoms with Crippen molar-refractivity contribution in [3.63, 3.8) is 0 Å². The Balaban J connectivity index is 1.93. The molecule has 8 nitrogen and oxygen atoms in total. The monoisotopic (exact) mass is 432 g/mol. The third-order valence-electron chi connectivity index (χ3n) is 4.64. The number of anilines is 1. The quantitative estimate of drug-likeness (QED) is 0.700. The van der Waals surface area contributed by atoms with Crippen LogP contribution >= 0.6 is 11.3 Å². The van der Waals surface area contributed by atoms with Crippen molar-refractivity contribution in [1.29, 1.82) is 0 Å².